The molecule has 1 aliphatic heterocycles. The highest BCUT2D eigenvalue weighted by molar-refractivity contribution is 7.99. The van der Waals surface area contributed by atoms with E-state index >= 15 is 0 Å². The van der Waals surface area contributed by atoms with E-state index in [-0.39, 0.29) is 5.25 Å². The van der Waals surface area contributed by atoms with Crippen LogP contribution in [0.5, 0.6) is 5.75 Å². The molecule has 1 N–H and O–H groups in total. The topological polar surface area (TPSA) is 76.1 Å². The number of hydrogen-bond acceptors (Lipinski definition) is 5. The fourth-order valence-electron chi connectivity index (χ4n) is 2.61. The lowest BCUT2D eigenvalue weighted by Gasteiger charge is -2.26. The summed E-state index contributed by atoms with van der Waals surface area (Å²) in [7, 11) is 1.62. The molecule has 0 aromatic heterocycles. The molecule has 1 aromatic carbocycles. The number of carboxylic acid groups (broad SMARTS) is 1. The summed E-state index contributed by atoms with van der Waals surface area (Å²) >= 11 is 1.66. The van der Waals surface area contributed by atoms with Gasteiger partial charge < -0.3 is 14.6 Å². The van der Waals surface area contributed by atoms with Gasteiger partial charge in [-0.25, -0.2) is 9.59 Å². The van der Waals surface area contributed by atoms with Crippen molar-refractivity contribution in [3.05, 3.63) is 29.8 Å². The number of carbonyl (C=O) groups is 2. The number of benzene rings is 1. The first-order valence-corrected chi connectivity index (χ1v) is 9.21. The van der Waals surface area contributed by atoms with Crippen LogP contribution < -0.4 is 4.74 Å². The maximum Gasteiger partial charge on any atom is 0.411 e. The van der Waals surface area contributed by atoms with Gasteiger partial charge in [0.1, 0.15) is 17.4 Å². The number of carbonyl (C=O) groups excluding carboxylic acids is 1. The molecule has 2 atom stereocenters. The maximum absolute atomic E-state index is 12.3. The molecule has 1 saturated heterocycles. The molecule has 0 radical (unpaired) electrons. The first-order chi connectivity index (χ1) is 11.7. The van der Waals surface area contributed by atoms with Crippen molar-refractivity contribution in [2.45, 2.75) is 49.8 Å². The van der Waals surface area contributed by atoms with E-state index in [9.17, 15) is 14.7 Å². The molecule has 0 bridgehead atoms. The molecule has 1 amide bonds. The molecule has 2 rings (SSSR count). The third-order valence-electron chi connectivity index (χ3n) is 3.82. The van der Waals surface area contributed by atoms with Crippen molar-refractivity contribution in [2.75, 3.05) is 13.7 Å². The van der Waals surface area contributed by atoms with Gasteiger partial charge in [0.15, 0.2) is 0 Å². The smallest absolute Gasteiger partial charge is 0.411 e. The summed E-state index contributed by atoms with van der Waals surface area (Å²) in [6, 6.07) is 6.94. The van der Waals surface area contributed by atoms with Crippen LogP contribution in [0, 0.1) is 0 Å². The highest BCUT2D eigenvalue weighted by Gasteiger charge is 2.41. The minimum absolute atomic E-state index is 0.0655. The van der Waals surface area contributed by atoms with Crippen LogP contribution >= 0.6 is 11.8 Å². The normalized spacial score (nSPS) is 20.4. The van der Waals surface area contributed by atoms with Gasteiger partial charge in [0.25, 0.3) is 0 Å². The summed E-state index contributed by atoms with van der Waals surface area (Å²) in [5, 5.41) is 9.48. The Labute approximate surface area is 152 Å². The average Bonchev–Trinajstić information content (AvgIpc) is 2.96. The quantitative estimate of drug-likeness (QED) is 0.860. The summed E-state index contributed by atoms with van der Waals surface area (Å²) in [5.41, 5.74) is 0.488. The van der Waals surface area contributed by atoms with E-state index in [1.165, 1.54) is 4.90 Å². The highest BCUT2D eigenvalue weighted by Crippen LogP contribution is 2.31. The van der Waals surface area contributed by atoms with Gasteiger partial charge in [-0.15, -0.1) is 0 Å². The summed E-state index contributed by atoms with van der Waals surface area (Å²) in [6.45, 7) is 5.69. The second-order valence-corrected chi connectivity index (χ2v) is 8.29. The molecule has 1 aliphatic rings. The van der Waals surface area contributed by atoms with E-state index in [2.05, 4.69) is 0 Å². The number of hydrogen-bond donors (Lipinski definition) is 1. The Morgan fingerprint density at radius 1 is 1.28 bits per heavy atom. The zero-order chi connectivity index (χ0) is 18.6. The Hall–Kier alpha value is -1.89. The van der Waals surface area contributed by atoms with Gasteiger partial charge in [-0.2, -0.15) is 11.8 Å². The zero-order valence-electron chi connectivity index (χ0n) is 15.0. The summed E-state index contributed by atoms with van der Waals surface area (Å²) in [4.78, 5) is 25.1. The second-order valence-electron chi connectivity index (χ2n) is 7.00. The molecular formula is C18H25NO5S. The molecule has 7 heteroatoms. The van der Waals surface area contributed by atoms with E-state index in [1.54, 1.807) is 39.6 Å². The van der Waals surface area contributed by atoms with Crippen molar-refractivity contribution >= 4 is 23.8 Å². The maximum atomic E-state index is 12.3. The summed E-state index contributed by atoms with van der Waals surface area (Å²) in [6.07, 6.45) is -0.137. The minimum atomic E-state index is -0.988. The number of carboxylic acids is 1. The first-order valence-electron chi connectivity index (χ1n) is 8.16. The van der Waals surface area contributed by atoms with Gasteiger partial charge >= 0.3 is 12.1 Å². The van der Waals surface area contributed by atoms with Crippen LogP contribution in [0.2, 0.25) is 0 Å². The summed E-state index contributed by atoms with van der Waals surface area (Å²) < 4.78 is 10.5. The van der Waals surface area contributed by atoms with Crippen molar-refractivity contribution < 1.29 is 24.2 Å². The Morgan fingerprint density at radius 3 is 2.44 bits per heavy atom. The van der Waals surface area contributed by atoms with Crippen molar-refractivity contribution in [3.8, 4) is 5.75 Å². The van der Waals surface area contributed by atoms with Crippen molar-refractivity contribution in [1.29, 1.82) is 0 Å². The molecule has 2 unspecified atom stereocenters. The van der Waals surface area contributed by atoms with Crippen LogP contribution in [0.25, 0.3) is 0 Å². The minimum Gasteiger partial charge on any atom is -0.497 e. The second kappa shape index (κ2) is 7.99. The molecule has 1 fully saturated rings. The third-order valence-corrected chi connectivity index (χ3v) is 5.13. The Morgan fingerprint density at radius 2 is 1.92 bits per heavy atom. The molecular weight excluding hydrogens is 342 g/mol. The van der Waals surface area contributed by atoms with Crippen molar-refractivity contribution in [1.82, 2.24) is 4.90 Å². The lowest BCUT2D eigenvalue weighted by molar-refractivity contribution is -0.142. The molecule has 0 saturated carbocycles. The zero-order valence-corrected chi connectivity index (χ0v) is 15.8. The van der Waals surface area contributed by atoms with Crippen molar-refractivity contribution in [3.63, 3.8) is 0 Å². The Bertz CT molecular complexity index is 611. The lowest BCUT2D eigenvalue weighted by Crippen LogP contribution is -2.43. The van der Waals surface area contributed by atoms with Gasteiger partial charge in [0.05, 0.1) is 7.11 Å². The molecule has 138 valence electrons. The standard InChI is InChI=1S/C18H25NO5S/c1-18(2,3)24-17(22)19-10-14(9-15(19)16(20)21)25-11-12-5-7-13(23-4)8-6-12/h5-8,14-15H,9-11H2,1-4H3,(H,20,21). The highest BCUT2D eigenvalue weighted by atomic mass is 32.2. The number of ether oxygens (including phenoxy) is 2. The van der Waals surface area contributed by atoms with Crippen LogP contribution in [0.3, 0.4) is 0 Å². The van der Waals surface area contributed by atoms with Crippen LogP contribution in [0.4, 0.5) is 4.79 Å². The van der Waals surface area contributed by atoms with Gasteiger partial charge in [-0.05, 0) is 44.9 Å². The predicted octanol–water partition coefficient (Wildman–Crippen LogP) is 3.39. The third kappa shape index (κ3) is 5.56. The molecule has 0 spiro atoms. The number of rotatable bonds is 5. The number of methoxy groups -OCH3 is 1. The van der Waals surface area contributed by atoms with Gasteiger partial charge in [0.2, 0.25) is 0 Å². The van der Waals surface area contributed by atoms with E-state index in [1.807, 2.05) is 24.3 Å². The van der Waals surface area contributed by atoms with Gasteiger partial charge in [-0.1, -0.05) is 12.1 Å². The Kier molecular flexibility index (Phi) is 6.21. The molecule has 25 heavy (non-hydrogen) atoms. The molecule has 0 aliphatic carbocycles. The van der Waals surface area contributed by atoms with E-state index in [0.29, 0.717) is 13.0 Å². The van der Waals surface area contributed by atoms with Crippen LogP contribution in [0.1, 0.15) is 32.8 Å². The largest absolute Gasteiger partial charge is 0.497 e. The number of aliphatic carboxylic acids is 1. The fraction of sp³-hybridized carbons (Fsp3) is 0.556. The fourth-order valence-corrected chi connectivity index (χ4v) is 3.82. The number of nitrogens with zero attached hydrogens (tertiary/aromatic N) is 1. The number of amides is 1. The summed E-state index contributed by atoms with van der Waals surface area (Å²) in [5.74, 6) is 0.568. The first kappa shape index (κ1) is 19.4. The Balaban J connectivity index is 1.96. The monoisotopic (exact) mass is 367 g/mol. The predicted molar refractivity (Wildman–Crippen MR) is 97.1 cm³/mol. The molecule has 6 nitrogen and oxygen atoms in total. The van der Waals surface area contributed by atoms with Crippen LogP contribution in [0.15, 0.2) is 24.3 Å². The SMILES string of the molecule is COc1ccc(CSC2CC(C(=O)O)N(C(=O)OC(C)(C)C)C2)cc1. The van der Waals surface area contributed by atoms with Crippen LogP contribution in [-0.2, 0) is 15.3 Å². The van der Waals surface area contributed by atoms with Crippen LogP contribution in [-0.4, -0.2) is 52.6 Å². The van der Waals surface area contributed by atoms with E-state index in [0.717, 1.165) is 17.1 Å². The molecule has 1 aromatic rings. The average molecular weight is 367 g/mol. The number of likely N-dealkylation sites (tertiary alicyclic amines) is 1. The van der Waals surface area contributed by atoms with Gasteiger partial charge in [0, 0.05) is 17.5 Å². The van der Waals surface area contributed by atoms with Gasteiger partial charge in [-0.3, -0.25) is 4.90 Å². The number of thioether (sulfide) groups is 1. The lowest BCUT2D eigenvalue weighted by atomic mass is 10.2. The van der Waals surface area contributed by atoms with E-state index < -0.39 is 23.7 Å². The molecule has 1 heterocycles. The van der Waals surface area contributed by atoms with E-state index in [4.69, 9.17) is 9.47 Å². The van der Waals surface area contributed by atoms with Crippen molar-refractivity contribution in [2.24, 2.45) is 0 Å².